The number of amides is 3. The molecule has 8 heteroatoms. The van der Waals surface area contributed by atoms with E-state index in [1.165, 1.54) is 12.1 Å². The SMILES string of the molecule is CC1(C)NC(=O)N(CCOC(=O)c2c3c(nc4ccccc24)/C(=C\c2ccc(F)cc2)CCC3)C1=O. The number of nitrogens with one attached hydrogen (secondary N) is 1. The van der Waals surface area contributed by atoms with Gasteiger partial charge in [-0.05, 0) is 74.1 Å². The second-order valence-corrected chi connectivity index (χ2v) is 9.55. The normalized spacial score (nSPS) is 17.9. The van der Waals surface area contributed by atoms with E-state index in [-0.39, 0.29) is 24.9 Å². The largest absolute Gasteiger partial charge is 0.460 e. The van der Waals surface area contributed by atoms with Gasteiger partial charge in [-0.2, -0.15) is 0 Å². The summed E-state index contributed by atoms with van der Waals surface area (Å²) in [5.41, 5.74) is 3.54. The molecule has 3 aromatic rings. The van der Waals surface area contributed by atoms with Gasteiger partial charge in [0.25, 0.3) is 5.91 Å². The standard InChI is InChI=1S/C28H26FN3O4/c1-28(2)26(34)32(27(35)31-28)14-15-36-25(33)23-20-7-3-4-9-22(20)30-24-18(6-5-8-21(23)24)16-17-10-12-19(29)13-11-17/h3-4,7,9-13,16H,5-6,8,14-15H2,1-2H3,(H,31,35)/b18-16-. The number of imide groups is 1. The number of carbonyl (C=O) groups is 3. The van der Waals surface area contributed by atoms with Crippen molar-refractivity contribution in [2.75, 3.05) is 13.2 Å². The zero-order valence-electron chi connectivity index (χ0n) is 20.1. The van der Waals surface area contributed by atoms with Crippen LogP contribution in [0.5, 0.6) is 0 Å². The molecule has 1 aliphatic heterocycles. The van der Waals surface area contributed by atoms with Crippen molar-refractivity contribution in [1.29, 1.82) is 0 Å². The summed E-state index contributed by atoms with van der Waals surface area (Å²) in [5, 5.41) is 3.31. The first-order valence-electron chi connectivity index (χ1n) is 11.9. The maximum Gasteiger partial charge on any atom is 0.339 e. The predicted molar refractivity (Wildman–Crippen MR) is 134 cm³/mol. The lowest BCUT2D eigenvalue weighted by molar-refractivity contribution is -0.130. The second-order valence-electron chi connectivity index (χ2n) is 9.55. The number of carbonyl (C=O) groups excluding carboxylic acids is 3. The number of fused-ring (bicyclic) bond motifs is 2. The molecule has 184 valence electrons. The Kier molecular flexibility index (Phi) is 6.04. The molecule has 3 amide bonds. The van der Waals surface area contributed by atoms with Crippen molar-refractivity contribution in [3.8, 4) is 0 Å². The van der Waals surface area contributed by atoms with Gasteiger partial charge in [0.2, 0.25) is 0 Å². The summed E-state index contributed by atoms with van der Waals surface area (Å²) >= 11 is 0. The second kappa shape index (κ2) is 9.18. The molecular formula is C28H26FN3O4. The van der Waals surface area contributed by atoms with Crippen LogP contribution in [-0.2, 0) is 16.0 Å². The van der Waals surface area contributed by atoms with E-state index in [0.29, 0.717) is 22.9 Å². The first kappa shape index (κ1) is 23.7. The molecule has 5 rings (SSSR count). The van der Waals surface area contributed by atoms with Crippen LogP contribution < -0.4 is 5.32 Å². The topological polar surface area (TPSA) is 88.6 Å². The lowest BCUT2D eigenvalue weighted by Crippen LogP contribution is -2.40. The lowest BCUT2D eigenvalue weighted by Gasteiger charge is -2.23. The third-order valence-electron chi connectivity index (χ3n) is 6.58. The zero-order chi connectivity index (χ0) is 25.4. The highest BCUT2D eigenvalue weighted by molar-refractivity contribution is 6.07. The number of ether oxygens (including phenoxy) is 1. The van der Waals surface area contributed by atoms with Gasteiger partial charge in [0.05, 0.1) is 23.3 Å². The molecule has 0 atom stereocenters. The number of nitrogens with zero attached hydrogens (tertiary/aromatic N) is 2. The van der Waals surface area contributed by atoms with Gasteiger partial charge < -0.3 is 10.1 Å². The van der Waals surface area contributed by atoms with E-state index in [1.54, 1.807) is 26.0 Å². The Hall–Kier alpha value is -4.07. The number of hydrogen-bond acceptors (Lipinski definition) is 5. The molecule has 0 unspecified atom stereocenters. The number of allylic oxidation sites excluding steroid dienone is 1. The Morgan fingerprint density at radius 1 is 1.14 bits per heavy atom. The fraction of sp³-hybridized carbons (Fsp3) is 0.286. The van der Waals surface area contributed by atoms with E-state index in [0.717, 1.165) is 40.1 Å². The van der Waals surface area contributed by atoms with Gasteiger partial charge in [-0.25, -0.2) is 19.0 Å². The molecule has 0 saturated carbocycles. The molecule has 0 spiro atoms. The van der Waals surface area contributed by atoms with Crippen LogP contribution in [0.4, 0.5) is 9.18 Å². The number of urea groups is 1. The van der Waals surface area contributed by atoms with Crippen LogP contribution in [0.1, 0.15) is 53.9 Å². The van der Waals surface area contributed by atoms with Gasteiger partial charge in [-0.15, -0.1) is 0 Å². The van der Waals surface area contributed by atoms with Crippen LogP contribution in [-0.4, -0.2) is 46.5 Å². The van der Waals surface area contributed by atoms with E-state index >= 15 is 0 Å². The average molecular weight is 488 g/mol. The summed E-state index contributed by atoms with van der Waals surface area (Å²) in [6.45, 7) is 3.12. The summed E-state index contributed by atoms with van der Waals surface area (Å²) in [5.74, 6) is -1.17. The highest BCUT2D eigenvalue weighted by atomic mass is 19.1. The van der Waals surface area contributed by atoms with E-state index in [9.17, 15) is 18.8 Å². The smallest absolute Gasteiger partial charge is 0.339 e. The molecule has 1 aliphatic carbocycles. The number of hydrogen-bond donors (Lipinski definition) is 1. The van der Waals surface area contributed by atoms with Crippen molar-refractivity contribution in [2.24, 2.45) is 0 Å². The number of halogens is 1. The lowest BCUT2D eigenvalue weighted by atomic mass is 9.86. The van der Waals surface area contributed by atoms with Crippen molar-refractivity contribution in [3.63, 3.8) is 0 Å². The Balaban J connectivity index is 1.46. The fourth-order valence-electron chi connectivity index (χ4n) is 4.79. The van der Waals surface area contributed by atoms with Crippen molar-refractivity contribution < 1.29 is 23.5 Å². The number of benzene rings is 2. The molecule has 1 aromatic heterocycles. The molecular weight excluding hydrogens is 461 g/mol. The molecule has 7 nitrogen and oxygen atoms in total. The summed E-state index contributed by atoms with van der Waals surface area (Å²) in [7, 11) is 0. The summed E-state index contributed by atoms with van der Waals surface area (Å²) < 4.78 is 19.0. The summed E-state index contributed by atoms with van der Waals surface area (Å²) in [4.78, 5) is 43.9. The Bertz CT molecular complexity index is 1410. The average Bonchev–Trinajstić information content (AvgIpc) is 3.05. The molecule has 36 heavy (non-hydrogen) atoms. The zero-order valence-corrected chi connectivity index (χ0v) is 20.1. The Morgan fingerprint density at radius 2 is 1.89 bits per heavy atom. The molecule has 1 saturated heterocycles. The molecule has 1 N–H and O–H groups in total. The third-order valence-corrected chi connectivity index (χ3v) is 6.58. The number of pyridine rings is 1. The van der Waals surface area contributed by atoms with Crippen LogP contribution in [0, 0.1) is 5.82 Å². The minimum absolute atomic E-state index is 0.0270. The maximum absolute atomic E-state index is 13.4. The van der Waals surface area contributed by atoms with E-state index < -0.39 is 17.5 Å². The third kappa shape index (κ3) is 4.34. The van der Waals surface area contributed by atoms with Crippen molar-refractivity contribution in [1.82, 2.24) is 15.2 Å². The maximum atomic E-state index is 13.4. The Labute approximate surface area is 208 Å². The van der Waals surface area contributed by atoms with Gasteiger partial charge in [-0.1, -0.05) is 30.3 Å². The summed E-state index contributed by atoms with van der Waals surface area (Å²) in [6, 6.07) is 13.2. The van der Waals surface area contributed by atoms with Crippen LogP contribution in [0.3, 0.4) is 0 Å². The van der Waals surface area contributed by atoms with Gasteiger partial charge >= 0.3 is 12.0 Å². The first-order valence-corrected chi connectivity index (χ1v) is 11.9. The molecule has 2 aromatic carbocycles. The van der Waals surface area contributed by atoms with Crippen molar-refractivity contribution >= 4 is 40.5 Å². The van der Waals surface area contributed by atoms with Gasteiger partial charge in [0.15, 0.2) is 0 Å². The first-order chi connectivity index (χ1) is 17.2. The predicted octanol–water partition coefficient (Wildman–Crippen LogP) is 4.74. The number of aromatic nitrogens is 1. The van der Waals surface area contributed by atoms with E-state index in [1.807, 2.05) is 30.3 Å². The van der Waals surface area contributed by atoms with Crippen LogP contribution >= 0.6 is 0 Å². The minimum Gasteiger partial charge on any atom is -0.460 e. The number of esters is 1. The van der Waals surface area contributed by atoms with E-state index in [4.69, 9.17) is 9.72 Å². The van der Waals surface area contributed by atoms with Crippen LogP contribution in [0.15, 0.2) is 48.5 Å². The molecule has 2 heterocycles. The van der Waals surface area contributed by atoms with Crippen LogP contribution in [0.2, 0.25) is 0 Å². The molecule has 2 aliphatic rings. The Morgan fingerprint density at radius 3 is 2.61 bits per heavy atom. The summed E-state index contributed by atoms with van der Waals surface area (Å²) in [6.07, 6.45) is 4.26. The van der Waals surface area contributed by atoms with E-state index in [2.05, 4.69) is 5.32 Å². The number of rotatable bonds is 5. The van der Waals surface area contributed by atoms with Gasteiger partial charge in [-0.3, -0.25) is 9.69 Å². The molecule has 0 bridgehead atoms. The van der Waals surface area contributed by atoms with Crippen molar-refractivity contribution in [2.45, 2.75) is 38.6 Å². The molecule has 1 fully saturated rings. The number of para-hydroxylation sites is 1. The monoisotopic (exact) mass is 487 g/mol. The van der Waals surface area contributed by atoms with Gasteiger partial charge in [0, 0.05) is 5.39 Å². The molecule has 0 radical (unpaired) electrons. The van der Waals surface area contributed by atoms with Gasteiger partial charge in [0.1, 0.15) is 18.0 Å². The highest BCUT2D eigenvalue weighted by Gasteiger charge is 2.44. The quantitative estimate of drug-likeness (QED) is 0.415. The fourth-order valence-corrected chi connectivity index (χ4v) is 4.79. The minimum atomic E-state index is -0.977. The van der Waals surface area contributed by atoms with Crippen LogP contribution in [0.25, 0.3) is 22.6 Å². The highest BCUT2D eigenvalue weighted by Crippen LogP contribution is 2.36. The van der Waals surface area contributed by atoms with Crippen molar-refractivity contribution in [3.05, 3.63) is 76.7 Å².